The van der Waals surface area contributed by atoms with Gasteiger partial charge >= 0.3 is 0 Å². The van der Waals surface area contributed by atoms with E-state index in [1.54, 1.807) is 0 Å². The van der Waals surface area contributed by atoms with Crippen LogP contribution in [0.15, 0.2) is 12.4 Å². The van der Waals surface area contributed by atoms with Gasteiger partial charge in [0.05, 0.1) is 6.20 Å². The summed E-state index contributed by atoms with van der Waals surface area (Å²) in [5.74, 6) is 0.774. The molecule has 0 saturated heterocycles. The fraction of sp³-hybridized carbons (Fsp3) is 0.750. The quantitative estimate of drug-likeness (QED) is 0.747. The average Bonchev–Trinajstić information content (AvgIpc) is 2.66. The standard InChI is InChI=1S/C12H23N3/c1-4-6-11(3)7-13-8-12-9-14-15(5-2)10-12/h9-11,13H,4-8H2,1-3H3. The lowest BCUT2D eigenvalue weighted by molar-refractivity contribution is 0.475. The van der Waals surface area contributed by atoms with Crippen LogP contribution < -0.4 is 5.32 Å². The van der Waals surface area contributed by atoms with Crippen molar-refractivity contribution in [1.29, 1.82) is 0 Å². The molecule has 0 aliphatic carbocycles. The fourth-order valence-corrected chi connectivity index (χ4v) is 1.73. The van der Waals surface area contributed by atoms with Gasteiger partial charge in [0, 0.05) is 24.8 Å². The second-order valence-electron chi connectivity index (χ2n) is 4.23. The molecule has 1 atom stereocenters. The Hall–Kier alpha value is -0.830. The molecule has 0 amide bonds. The zero-order chi connectivity index (χ0) is 11.1. The highest BCUT2D eigenvalue weighted by atomic mass is 15.3. The van der Waals surface area contributed by atoms with Gasteiger partial charge < -0.3 is 5.32 Å². The van der Waals surface area contributed by atoms with Crippen LogP contribution in [0.4, 0.5) is 0 Å². The zero-order valence-corrected chi connectivity index (χ0v) is 10.2. The van der Waals surface area contributed by atoms with E-state index >= 15 is 0 Å². The first-order valence-corrected chi connectivity index (χ1v) is 5.98. The molecule has 0 saturated carbocycles. The molecule has 3 heteroatoms. The monoisotopic (exact) mass is 209 g/mol. The van der Waals surface area contributed by atoms with Crippen LogP contribution in [0.25, 0.3) is 0 Å². The van der Waals surface area contributed by atoms with Gasteiger partial charge in [0.15, 0.2) is 0 Å². The summed E-state index contributed by atoms with van der Waals surface area (Å²) in [6.07, 6.45) is 6.64. The Morgan fingerprint density at radius 1 is 1.47 bits per heavy atom. The Morgan fingerprint density at radius 3 is 2.87 bits per heavy atom. The van der Waals surface area contributed by atoms with Crippen molar-refractivity contribution in [2.24, 2.45) is 5.92 Å². The van der Waals surface area contributed by atoms with E-state index in [2.05, 4.69) is 37.4 Å². The van der Waals surface area contributed by atoms with Crippen molar-refractivity contribution >= 4 is 0 Å². The molecule has 86 valence electrons. The maximum Gasteiger partial charge on any atom is 0.0534 e. The van der Waals surface area contributed by atoms with Gasteiger partial charge in [0.1, 0.15) is 0 Å². The third kappa shape index (κ3) is 4.47. The Morgan fingerprint density at radius 2 is 2.27 bits per heavy atom. The average molecular weight is 209 g/mol. The zero-order valence-electron chi connectivity index (χ0n) is 10.2. The van der Waals surface area contributed by atoms with E-state index in [1.807, 2.05) is 10.9 Å². The Balaban J connectivity index is 2.19. The van der Waals surface area contributed by atoms with Gasteiger partial charge in [-0.15, -0.1) is 0 Å². The first-order chi connectivity index (χ1) is 7.26. The van der Waals surface area contributed by atoms with Gasteiger partial charge in [0.25, 0.3) is 0 Å². The van der Waals surface area contributed by atoms with E-state index in [4.69, 9.17) is 0 Å². The largest absolute Gasteiger partial charge is 0.312 e. The van der Waals surface area contributed by atoms with Gasteiger partial charge in [-0.1, -0.05) is 20.3 Å². The SMILES string of the molecule is CCCC(C)CNCc1cnn(CC)c1. The summed E-state index contributed by atoms with van der Waals surface area (Å²) in [5.41, 5.74) is 1.28. The van der Waals surface area contributed by atoms with Crippen molar-refractivity contribution in [3.05, 3.63) is 18.0 Å². The molecule has 0 bridgehead atoms. The summed E-state index contributed by atoms with van der Waals surface area (Å²) in [5, 5.41) is 7.72. The molecule has 0 aromatic carbocycles. The normalized spacial score (nSPS) is 13.0. The molecule has 3 nitrogen and oxygen atoms in total. The molecule has 0 radical (unpaired) electrons. The highest BCUT2D eigenvalue weighted by molar-refractivity contribution is 5.03. The highest BCUT2D eigenvalue weighted by Crippen LogP contribution is 2.03. The molecule has 0 spiro atoms. The van der Waals surface area contributed by atoms with Crippen LogP contribution in [-0.4, -0.2) is 16.3 Å². The number of rotatable bonds is 7. The molecular weight excluding hydrogens is 186 g/mol. The van der Waals surface area contributed by atoms with Crippen molar-refractivity contribution in [3.63, 3.8) is 0 Å². The molecule has 15 heavy (non-hydrogen) atoms. The minimum atomic E-state index is 0.774. The van der Waals surface area contributed by atoms with Crippen LogP contribution in [0.3, 0.4) is 0 Å². The molecule has 0 aliphatic rings. The molecule has 0 aliphatic heterocycles. The van der Waals surface area contributed by atoms with Crippen LogP contribution in [-0.2, 0) is 13.1 Å². The van der Waals surface area contributed by atoms with Crippen LogP contribution in [0.5, 0.6) is 0 Å². The molecular formula is C12H23N3. The minimum absolute atomic E-state index is 0.774. The second-order valence-corrected chi connectivity index (χ2v) is 4.23. The lowest BCUT2D eigenvalue weighted by Crippen LogP contribution is -2.20. The van der Waals surface area contributed by atoms with E-state index < -0.39 is 0 Å². The van der Waals surface area contributed by atoms with Crippen LogP contribution in [0.2, 0.25) is 0 Å². The minimum Gasteiger partial charge on any atom is -0.312 e. The van der Waals surface area contributed by atoms with E-state index in [-0.39, 0.29) is 0 Å². The summed E-state index contributed by atoms with van der Waals surface area (Å²) in [6, 6.07) is 0. The van der Waals surface area contributed by atoms with Crippen LogP contribution >= 0.6 is 0 Å². The maximum atomic E-state index is 4.25. The van der Waals surface area contributed by atoms with E-state index in [9.17, 15) is 0 Å². The summed E-state index contributed by atoms with van der Waals surface area (Å²) < 4.78 is 1.96. The van der Waals surface area contributed by atoms with Crippen molar-refractivity contribution in [2.75, 3.05) is 6.54 Å². The molecule has 1 heterocycles. The van der Waals surface area contributed by atoms with Crippen molar-refractivity contribution < 1.29 is 0 Å². The van der Waals surface area contributed by atoms with Gasteiger partial charge in [0.2, 0.25) is 0 Å². The van der Waals surface area contributed by atoms with Crippen LogP contribution in [0.1, 0.15) is 39.2 Å². The topological polar surface area (TPSA) is 29.9 Å². The number of aromatic nitrogens is 2. The van der Waals surface area contributed by atoms with Crippen LogP contribution in [0, 0.1) is 5.92 Å². The predicted molar refractivity (Wildman–Crippen MR) is 63.7 cm³/mol. The number of hydrogen-bond donors (Lipinski definition) is 1. The summed E-state index contributed by atoms with van der Waals surface area (Å²) >= 11 is 0. The third-order valence-electron chi connectivity index (χ3n) is 2.61. The maximum absolute atomic E-state index is 4.25. The summed E-state index contributed by atoms with van der Waals surface area (Å²) in [7, 11) is 0. The van der Waals surface area contributed by atoms with Crippen molar-refractivity contribution in [3.8, 4) is 0 Å². The number of nitrogens with zero attached hydrogens (tertiary/aromatic N) is 2. The summed E-state index contributed by atoms with van der Waals surface area (Å²) in [6.45, 7) is 9.63. The summed E-state index contributed by atoms with van der Waals surface area (Å²) in [4.78, 5) is 0. The number of nitrogens with one attached hydrogen (secondary N) is 1. The van der Waals surface area contributed by atoms with Gasteiger partial charge in [-0.25, -0.2) is 0 Å². The molecule has 1 aromatic heterocycles. The molecule has 1 aromatic rings. The van der Waals surface area contributed by atoms with Crippen molar-refractivity contribution in [2.45, 2.75) is 46.7 Å². The first kappa shape index (κ1) is 12.2. The molecule has 1 rings (SSSR count). The van der Waals surface area contributed by atoms with E-state index in [0.717, 1.165) is 25.6 Å². The number of aryl methyl sites for hydroxylation is 1. The fourth-order valence-electron chi connectivity index (χ4n) is 1.73. The Labute approximate surface area is 92.9 Å². The first-order valence-electron chi connectivity index (χ1n) is 5.98. The van der Waals surface area contributed by atoms with Gasteiger partial charge in [-0.05, 0) is 25.8 Å². The third-order valence-corrected chi connectivity index (χ3v) is 2.61. The smallest absolute Gasteiger partial charge is 0.0534 e. The lowest BCUT2D eigenvalue weighted by atomic mass is 10.1. The Bertz CT molecular complexity index is 268. The van der Waals surface area contributed by atoms with Gasteiger partial charge in [-0.3, -0.25) is 4.68 Å². The highest BCUT2D eigenvalue weighted by Gasteiger charge is 2.01. The molecule has 1 N–H and O–H groups in total. The van der Waals surface area contributed by atoms with Gasteiger partial charge in [-0.2, -0.15) is 5.10 Å². The predicted octanol–water partition coefficient (Wildman–Crippen LogP) is 2.43. The number of hydrogen-bond acceptors (Lipinski definition) is 2. The Kier molecular flexibility index (Phi) is 5.40. The van der Waals surface area contributed by atoms with E-state index in [1.165, 1.54) is 18.4 Å². The molecule has 0 fully saturated rings. The van der Waals surface area contributed by atoms with E-state index in [0.29, 0.717) is 0 Å². The molecule has 1 unspecified atom stereocenters. The lowest BCUT2D eigenvalue weighted by Gasteiger charge is -2.10. The second kappa shape index (κ2) is 6.62. The van der Waals surface area contributed by atoms with Crippen molar-refractivity contribution in [1.82, 2.24) is 15.1 Å².